The maximum Gasteiger partial charge on any atom is 0.410 e. The van der Waals surface area contributed by atoms with Crippen molar-refractivity contribution >= 4 is 6.09 Å². The van der Waals surface area contributed by atoms with Crippen LogP contribution in [0, 0.1) is 5.92 Å². The monoisotopic (exact) mass is 297 g/mol. The van der Waals surface area contributed by atoms with E-state index in [2.05, 4.69) is 17.3 Å². The average Bonchev–Trinajstić information content (AvgIpc) is 2.85. The van der Waals surface area contributed by atoms with Crippen LogP contribution in [0.3, 0.4) is 0 Å². The molecule has 0 aromatic heterocycles. The average molecular weight is 297 g/mol. The zero-order chi connectivity index (χ0) is 15.5. The second-order valence-corrected chi connectivity index (χ2v) is 7.57. The number of amides is 1. The van der Waals surface area contributed by atoms with Crippen molar-refractivity contribution in [1.82, 2.24) is 15.1 Å². The minimum Gasteiger partial charge on any atom is -0.444 e. The summed E-state index contributed by atoms with van der Waals surface area (Å²) in [5.41, 5.74) is -0.406. The molecule has 0 radical (unpaired) electrons. The molecule has 2 saturated heterocycles. The van der Waals surface area contributed by atoms with Crippen LogP contribution in [0.4, 0.5) is 4.79 Å². The first-order chi connectivity index (χ1) is 9.83. The summed E-state index contributed by atoms with van der Waals surface area (Å²) in [7, 11) is 2.19. The lowest BCUT2D eigenvalue weighted by molar-refractivity contribution is 0.0290. The Kier molecular flexibility index (Phi) is 5.49. The topological polar surface area (TPSA) is 44.8 Å². The molecule has 0 spiro atoms. The van der Waals surface area contributed by atoms with Gasteiger partial charge in [0, 0.05) is 19.1 Å². The van der Waals surface area contributed by atoms with Gasteiger partial charge in [-0.1, -0.05) is 0 Å². The van der Waals surface area contributed by atoms with E-state index in [4.69, 9.17) is 4.74 Å². The van der Waals surface area contributed by atoms with Crippen LogP contribution in [-0.4, -0.2) is 67.3 Å². The van der Waals surface area contributed by atoms with Crippen molar-refractivity contribution in [1.29, 1.82) is 0 Å². The summed E-state index contributed by atoms with van der Waals surface area (Å²) in [5, 5.41) is 3.65. The minimum absolute atomic E-state index is 0.175. The third-order valence-corrected chi connectivity index (χ3v) is 4.37. The third-order valence-electron chi connectivity index (χ3n) is 4.37. The molecule has 0 aromatic carbocycles. The van der Waals surface area contributed by atoms with Gasteiger partial charge in [-0.3, -0.25) is 0 Å². The number of rotatable bonds is 3. The molecule has 2 heterocycles. The van der Waals surface area contributed by atoms with Gasteiger partial charge in [0.25, 0.3) is 0 Å². The van der Waals surface area contributed by atoms with Gasteiger partial charge >= 0.3 is 6.09 Å². The summed E-state index contributed by atoms with van der Waals surface area (Å²) in [5.74, 6) is 0.789. The molecule has 0 aliphatic carbocycles. The quantitative estimate of drug-likeness (QED) is 0.864. The van der Waals surface area contributed by atoms with Gasteiger partial charge in [-0.25, -0.2) is 4.79 Å². The Morgan fingerprint density at radius 1 is 1.19 bits per heavy atom. The van der Waals surface area contributed by atoms with Crippen LogP contribution in [0.5, 0.6) is 0 Å². The highest BCUT2D eigenvalue weighted by Crippen LogP contribution is 2.18. The van der Waals surface area contributed by atoms with Crippen molar-refractivity contribution in [3.63, 3.8) is 0 Å². The fourth-order valence-corrected chi connectivity index (χ4v) is 3.02. The van der Waals surface area contributed by atoms with E-state index < -0.39 is 5.60 Å². The van der Waals surface area contributed by atoms with Gasteiger partial charge in [-0.2, -0.15) is 0 Å². The van der Waals surface area contributed by atoms with E-state index >= 15 is 0 Å². The molecule has 2 fully saturated rings. The highest BCUT2D eigenvalue weighted by atomic mass is 16.6. The Labute approximate surface area is 129 Å². The third kappa shape index (κ3) is 5.47. The van der Waals surface area contributed by atoms with Gasteiger partial charge < -0.3 is 19.9 Å². The van der Waals surface area contributed by atoms with Gasteiger partial charge in [-0.15, -0.1) is 0 Å². The lowest BCUT2D eigenvalue weighted by Gasteiger charge is -2.30. The second-order valence-electron chi connectivity index (χ2n) is 7.57. The van der Waals surface area contributed by atoms with Crippen LogP contribution in [0.1, 0.15) is 40.0 Å². The maximum absolute atomic E-state index is 12.0. The molecule has 1 amide bonds. The molecule has 122 valence electrons. The van der Waals surface area contributed by atoms with Crippen molar-refractivity contribution in [3.05, 3.63) is 0 Å². The summed E-state index contributed by atoms with van der Waals surface area (Å²) in [6.07, 6.45) is 3.43. The van der Waals surface area contributed by atoms with Crippen molar-refractivity contribution in [2.24, 2.45) is 5.92 Å². The Bertz CT molecular complexity index is 346. The molecule has 0 bridgehead atoms. The molecule has 5 heteroatoms. The largest absolute Gasteiger partial charge is 0.444 e. The summed E-state index contributed by atoms with van der Waals surface area (Å²) in [6.45, 7) is 10.8. The van der Waals surface area contributed by atoms with Gasteiger partial charge in [-0.05, 0) is 72.6 Å². The van der Waals surface area contributed by atoms with E-state index in [0.717, 1.165) is 32.0 Å². The van der Waals surface area contributed by atoms with Crippen molar-refractivity contribution in [3.8, 4) is 0 Å². The van der Waals surface area contributed by atoms with Crippen molar-refractivity contribution < 1.29 is 9.53 Å². The Morgan fingerprint density at radius 3 is 2.48 bits per heavy atom. The molecule has 5 nitrogen and oxygen atoms in total. The smallest absolute Gasteiger partial charge is 0.410 e. The van der Waals surface area contributed by atoms with Crippen LogP contribution in [0.25, 0.3) is 0 Å². The van der Waals surface area contributed by atoms with Crippen LogP contribution in [0.15, 0.2) is 0 Å². The Hall–Kier alpha value is -0.810. The minimum atomic E-state index is -0.406. The Morgan fingerprint density at radius 2 is 1.86 bits per heavy atom. The van der Waals surface area contributed by atoms with E-state index in [1.54, 1.807) is 0 Å². The number of piperidine rings is 1. The van der Waals surface area contributed by atoms with Crippen LogP contribution >= 0.6 is 0 Å². The fraction of sp³-hybridized carbons (Fsp3) is 0.938. The van der Waals surface area contributed by atoms with E-state index in [1.165, 1.54) is 25.9 Å². The van der Waals surface area contributed by atoms with E-state index in [9.17, 15) is 4.79 Å². The first-order valence-electron chi connectivity index (χ1n) is 8.23. The molecule has 1 N–H and O–H groups in total. The van der Waals surface area contributed by atoms with E-state index in [-0.39, 0.29) is 6.09 Å². The van der Waals surface area contributed by atoms with Crippen LogP contribution in [-0.2, 0) is 4.74 Å². The lowest BCUT2D eigenvalue weighted by atomic mass is 9.97. The molecular weight excluding hydrogens is 266 g/mol. The predicted octanol–water partition coefficient (Wildman–Crippen LogP) is 1.93. The predicted molar refractivity (Wildman–Crippen MR) is 84.4 cm³/mol. The highest BCUT2D eigenvalue weighted by molar-refractivity contribution is 5.68. The standard InChI is InChI=1S/C16H31N3O2/c1-16(2,3)21-15(20)19-10-7-14(12-19)17-11-13-5-8-18(4)9-6-13/h13-14,17H,5-12H2,1-4H3. The Balaban J connectivity index is 1.67. The number of nitrogens with zero attached hydrogens (tertiary/aromatic N) is 2. The number of carbonyl (C=O) groups is 1. The zero-order valence-electron chi connectivity index (χ0n) is 14.0. The van der Waals surface area contributed by atoms with Crippen molar-refractivity contribution in [2.75, 3.05) is 39.8 Å². The molecular formula is C16H31N3O2. The van der Waals surface area contributed by atoms with Gasteiger partial charge in [0.1, 0.15) is 5.60 Å². The molecule has 21 heavy (non-hydrogen) atoms. The number of hydrogen-bond acceptors (Lipinski definition) is 4. The summed E-state index contributed by atoms with van der Waals surface area (Å²) < 4.78 is 5.43. The number of carbonyl (C=O) groups excluding carboxylic acids is 1. The molecule has 2 rings (SSSR count). The summed E-state index contributed by atoms with van der Waals surface area (Å²) in [6, 6.07) is 0.428. The highest BCUT2D eigenvalue weighted by Gasteiger charge is 2.30. The molecule has 0 aromatic rings. The number of hydrogen-bond donors (Lipinski definition) is 1. The van der Waals surface area contributed by atoms with Crippen LogP contribution in [0.2, 0.25) is 0 Å². The number of likely N-dealkylation sites (tertiary alicyclic amines) is 2. The summed E-state index contributed by atoms with van der Waals surface area (Å²) in [4.78, 5) is 16.2. The lowest BCUT2D eigenvalue weighted by Crippen LogP contribution is -2.41. The normalized spacial score (nSPS) is 25.3. The molecule has 2 aliphatic heterocycles. The van der Waals surface area contributed by atoms with Crippen molar-refractivity contribution in [2.45, 2.75) is 51.7 Å². The number of nitrogens with one attached hydrogen (secondary N) is 1. The fourth-order valence-electron chi connectivity index (χ4n) is 3.02. The first kappa shape index (κ1) is 16.6. The van der Waals surface area contributed by atoms with Crippen LogP contribution < -0.4 is 5.32 Å². The van der Waals surface area contributed by atoms with E-state index in [0.29, 0.717) is 6.04 Å². The molecule has 1 atom stereocenters. The second kappa shape index (κ2) is 6.97. The van der Waals surface area contributed by atoms with Gasteiger partial charge in [0.2, 0.25) is 0 Å². The van der Waals surface area contributed by atoms with Gasteiger partial charge in [0.05, 0.1) is 0 Å². The van der Waals surface area contributed by atoms with Gasteiger partial charge in [0.15, 0.2) is 0 Å². The molecule has 0 saturated carbocycles. The first-order valence-corrected chi connectivity index (χ1v) is 8.23. The maximum atomic E-state index is 12.0. The molecule has 1 unspecified atom stereocenters. The SMILES string of the molecule is CN1CCC(CNC2CCN(C(=O)OC(C)(C)C)C2)CC1. The summed E-state index contributed by atoms with van der Waals surface area (Å²) >= 11 is 0. The number of ether oxygens (including phenoxy) is 1. The molecule has 2 aliphatic rings. The van der Waals surface area contributed by atoms with E-state index in [1.807, 2.05) is 25.7 Å². The zero-order valence-corrected chi connectivity index (χ0v) is 14.0.